The number of hydrogen-bond donors (Lipinski definition) is 0. The second-order valence-electron chi connectivity index (χ2n) is 4.52. The number of ether oxygens (including phenoxy) is 1. The van der Waals surface area contributed by atoms with Gasteiger partial charge in [0.05, 0.1) is 19.2 Å². The Bertz CT molecular complexity index is 799. The number of halogens is 1. The van der Waals surface area contributed by atoms with E-state index in [1.165, 1.54) is 23.9 Å². The van der Waals surface area contributed by atoms with Crippen molar-refractivity contribution in [3.8, 4) is 0 Å². The van der Waals surface area contributed by atoms with Gasteiger partial charge in [-0.3, -0.25) is 0 Å². The van der Waals surface area contributed by atoms with Gasteiger partial charge in [0.1, 0.15) is 11.0 Å². The zero-order valence-electron chi connectivity index (χ0n) is 11.3. The molecule has 21 heavy (non-hydrogen) atoms. The van der Waals surface area contributed by atoms with Crippen LogP contribution in [0.1, 0.15) is 15.9 Å². The van der Waals surface area contributed by atoms with Crippen LogP contribution in [-0.2, 0) is 11.3 Å². The van der Waals surface area contributed by atoms with E-state index in [9.17, 15) is 9.18 Å². The van der Waals surface area contributed by atoms with Gasteiger partial charge in [-0.1, -0.05) is 35.5 Å². The van der Waals surface area contributed by atoms with E-state index in [-0.39, 0.29) is 11.1 Å². The Morgan fingerprint density at radius 1 is 1.24 bits per heavy atom. The quantitative estimate of drug-likeness (QED) is 0.693. The summed E-state index contributed by atoms with van der Waals surface area (Å²) in [6.45, 7) is 0.394. The van der Waals surface area contributed by atoms with Crippen molar-refractivity contribution in [1.29, 1.82) is 0 Å². The molecule has 0 aliphatic rings. The Labute approximate surface area is 120 Å². The summed E-state index contributed by atoms with van der Waals surface area (Å²) >= 11 is 0. The number of carbonyl (C=O) groups is 1. The van der Waals surface area contributed by atoms with Crippen LogP contribution in [0, 0.1) is 5.82 Å². The first-order valence-electron chi connectivity index (χ1n) is 6.34. The molecular weight excluding hydrogens is 273 g/mol. The molecule has 1 heterocycles. The Hall–Kier alpha value is -2.76. The summed E-state index contributed by atoms with van der Waals surface area (Å²) in [5, 5.41) is 7.77. The maximum atomic E-state index is 13.8. The second kappa shape index (κ2) is 5.32. The first-order valence-corrected chi connectivity index (χ1v) is 6.34. The maximum absolute atomic E-state index is 13.8. The number of aromatic nitrogens is 3. The highest BCUT2D eigenvalue weighted by Crippen LogP contribution is 2.21. The molecule has 0 radical (unpaired) electrons. The summed E-state index contributed by atoms with van der Waals surface area (Å²) in [4.78, 5) is 11.8. The number of methoxy groups -OCH3 is 1. The number of hydrogen-bond acceptors (Lipinski definition) is 4. The summed E-state index contributed by atoms with van der Waals surface area (Å²) in [5.41, 5.74) is 1.62. The molecule has 3 aromatic rings. The molecule has 0 amide bonds. The standard InChI is InChI=1S/C15H12FN3O2/c1-21-15(20)11-7-8-12(16)13-14(11)19(18-17-13)9-10-5-3-2-4-6-10/h2-8H,9H2,1H3. The molecule has 3 rings (SSSR count). The highest BCUT2D eigenvalue weighted by molar-refractivity contribution is 6.01. The van der Waals surface area contributed by atoms with Gasteiger partial charge in [0.25, 0.3) is 0 Å². The lowest BCUT2D eigenvalue weighted by Crippen LogP contribution is -2.08. The van der Waals surface area contributed by atoms with E-state index in [0.717, 1.165) is 5.56 Å². The predicted molar refractivity (Wildman–Crippen MR) is 74.4 cm³/mol. The van der Waals surface area contributed by atoms with Crippen LogP contribution < -0.4 is 0 Å². The van der Waals surface area contributed by atoms with Gasteiger partial charge in [-0.05, 0) is 17.7 Å². The number of nitrogens with zero attached hydrogens (tertiary/aromatic N) is 3. The fraction of sp³-hybridized carbons (Fsp3) is 0.133. The zero-order valence-corrected chi connectivity index (χ0v) is 11.3. The minimum atomic E-state index is -0.545. The molecule has 0 fully saturated rings. The average Bonchev–Trinajstić information content (AvgIpc) is 2.93. The van der Waals surface area contributed by atoms with Gasteiger partial charge in [-0.2, -0.15) is 0 Å². The van der Waals surface area contributed by atoms with Gasteiger partial charge in [-0.15, -0.1) is 5.10 Å². The van der Waals surface area contributed by atoms with Crippen molar-refractivity contribution in [2.45, 2.75) is 6.54 Å². The molecule has 0 unspecified atom stereocenters. The molecule has 0 bridgehead atoms. The SMILES string of the molecule is COC(=O)c1ccc(F)c2nnn(Cc3ccccc3)c12. The third-order valence-corrected chi connectivity index (χ3v) is 3.19. The zero-order chi connectivity index (χ0) is 14.8. The van der Waals surface area contributed by atoms with Crippen LogP contribution in [0.2, 0.25) is 0 Å². The number of fused-ring (bicyclic) bond motifs is 1. The van der Waals surface area contributed by atoms with E-state index in [1.54, 1.807) is 0 Å². The van der Waals surface area contributed by atoms with Crippen molar-refractivity contribution in [2.75, 3.05) is 7.11 Å². The van der Waals surface area contributed by atoms with Crippen LogP contribution in [0.5, 0.6) is 0 Å². The number of esters is 1. The van der Waals surface area contributed by atoms with Crippen molar-refractivity contribution in [2.24, 2.45) is 0 Å². The van der Waals surface area contributed by atoms with Gasteiger partial charge in [0.2, 0.25) is 0 Å². The first-order chi connectivity index (χ1) is 10.2. The number of rotatable bonds is 3. The molecule has 0 N–H and O–H groups in total. The van der Waals surface area contributed by atoms with Crippen LogP contribution in [0.25, 0.3) is 11.0 Å². The topological polar surface area (TPSA) is 57.0 Å². The second-order valence-corrected chi connectivity index (χ2v) is 4.52. The van der Waals surface area contributed by atoms with Crippen LogP contribution in [-0.4, -0.2) is 28.1 Å². The average molecular weight is 285 g/mol. The van der Waals surface area contributed by atoms with Gasteiger partial charge >= 0.3 is 5.97 Å². The van der Waals surface area contributed by atoms with E-state index in [2.05, 4.69) is 10.3 Å². The Balaban J connectivity index is 2.15. The Kier molecular flexibility index (Phi) is 3.35. The summed E-state index contributed by atoms with van der Waals surface area (Å²) < 4.78 is 20.0. The lowest BCUT2D eigenvalue weighted by atomic mass is 10.1. The summed E-state index contributed by atoms with van der Waals surface area (Å²) in [5.74, 6) is -1.06. The molecule has 0 saturated carbocycles. The minimum Gasteiger partial charge on any atom is -0.465 e. The molecule has 0 saturated heterocycles. The maximum Gasteiger partial charge on any atom is 0.340 e. The first kappa shape index (κ1) is 13.2. The summed E-state index contributed by atoms with van der Waals surface area (Å²) in [6, 6.07) is 12.1. The van der Waals surface area contributed by atoms with E-state index >= 15 is 0 Å². The molecule has 0 aliphatic heterocycles. The van der Waals surface area contributed by atoms with Crippen molar-refractivity contribution in [3.63, 3.8) is 0 Å². The van der Waals surface area contributed by atoms with Gasteiger partial charge in [-0.25, -0.2) is 13.9 Å². The normalized spacial score (nSPS) is 10.8. The molecule has 0 spiro atoms. The van der Waals surface area contributed by atoms with Crippen LogP contribution in [0.4, 0.5) is 4.39 Å². The summed E-state index contributed by atoms with van der Waals surface area (Å²) in [7, 11) is 1.28. The van der Waals surface area contributed by atoms with Crippen molar-refractivity contribution >= 4 is 17.0 Å². The third kappa shape index (κ3) is 2.35. The third-order valence-electron chi connectivity index (χ3n) is 3.19. The van der Waals surface area contributed by atoms with Crippen LogP contribution in [0.3, 0.4) is 0 Å². The Morgan fingerprint density at radius 2 is 2.00 bits per heavy atom. The van der Waals surface area contributed by atoms with Gasteiger partial charge in [0.15, 0.2) is 5.82 Å². The molecular formula is C15H12FN3O2. The predicted octanol–water partition coefficient (Wildman–Crippen LogP) is 2.41. The highest BCUT2D eigenvalue weighted by Gasteiger charge is 2.19. The van der Waals surface area contributed by atoms with Gasteiger partial charge < -0.3 is 4.74 Å². The monoisotopic (exact) mass is 285 g/mol. The van der Waals surface area contributed by atoms with E-state index in [4.69, 9.17) is 4.74 Å². The van der Waals surface area contributed by atoms with E-state index in [1.807, 2.05) is 30.3 Å². The molecule has 6 heteroatoms. The van der Waals surface area contributed by atoms with Crippen LogP contribution >= 0.6 is 0 Å². The molecule has 2 aromatic carbocycles. The van der Waals surface area contributed by atoms with Crippen molar-refractivity contribution in [1.82, 2.24) is 15.0 Å². The molecule has 1 aromatic heterocycles. The van der Waals surface area contributed by atoms with Gasteiger partial charge in [0, 0.05) is 0 Å². The Morgan fingerprint density at radius 3 is 2.71 bits per heavy atom. The fourth-order valence-electron chi connectivity index (χ4n) is 2.20. The molecule has 5 nitrogen and oxygen atoms in total. The smallest absolute Gasteiger partial charge is 0.340 e. The van der Waals surface area contributed by atoms with Crippen molar-refractivity contribution < 1.29 is 13.9 Å². The highest BCUT2D eigenvalue weighted by atomic mass is 19.1. The fourth-order valence-corrected chi connectivity index (χ4v) is 2.20. The molecule has 0 aliphatic carbocycles. The van der Waals surface area contributed by atoms with Crippen LogP contribution in [0.15, 0.2) is 42.5 Å². The van der Waals surface area contributed by atoms with E-state index in [0.29, 0.717) is 12.1 Å². The van der Waals surface area contributed by atoms with Crippen molar-refractivity contribution in [3.05, 3.63) is 59.4 Å². The lowest BCUT2D eigenvalue weighted by molar-refractivity contribution is 0.0602. The summed E-state index contributed by atoms with van der Waals surface area (Å²) in [6.07, 6.45) is 0. The molecule has 0 atom stereocenters. The number of carbonyl (C=O) groups excluding carboxylic acids is 1. The number of benzene rings is 2. The minimum absolute atomic E-state index is 0.0637. The lowest BCUT2D eigenvalue weighted by Gasteiger charge is -2.06. The van der Waals surface area contributed by atoms with E-state index < -0.39 is 11.8 Å². The molecule has 106 valence electrons. The largest absolute Gasteiger partial charge is 0.465 e.